The molecule has 2 heteroatoms. The molecule has 10 heavy (non-hydrogen) atoms. The average Bonchev–Trinajstić information content (AvgIpc) is 1.99. The monoisotopic (exact) mass is 146 g/mol. The molecule has 2 nitrogen and oxygen atoms in total. The van der Waals surface area contributed by atoms with E-state index in [9.17, 15) is 0 Å². The first kappa shape index (κ1) is 9.92. The van der Waals surface area contributed by atoms with E-state index in [-0.39, 0.29) is 19.1 Å². The van der Waals surface area contributed by atoms with Gasteiger partial charge < -0.3 is 10.2 Å². The molecule has 0 fully saturated rings. The van der Waals surface area contributed by atoms with Crippen LogP contribution in [0.3, 0.4) is 0 Å². The van der Waals surface area contributed by atoms with E-state index in [2.05, 4.69) is 13.8 Å². The lowest BCUT2D eigenvalue weighted by molar-refractivity contribution is 0.131. The molecule has 2 N–H and O–H groups in total. The minimum absolute atomic E-state index is 0.0925. The van der Waals surface area contributed by atoms with Gasteiger partial charge in [0.2, 0.25) is 0 Å². The standard InChI is InChI=1S/C8H18O2/c1-3-7(2)4-8(5-9)6-10/h7-10H,3-6H2,1-2H3. The highest BCUT2D eigenvalue weighted by atomic mass is 16.3. The van der Waals surface area contributed by atoms with E-state index < -0.39 is 0 Å². The van der Waals surface area contributed by atoms with Crippen molar-refractivity contribution < 1.29 is 10.2 Å². The number of hydrogen-bond donors (Lipinski definition) is 2. The second kappa shape index (κ2) is 5.69. The fourth-order valence-electron chi connectivity index (χ4n) is 0.943. The summed E-state index contributed by atoms with van der Waals surface area (Å²) in [4.78, 5) is 0. The van der Waals surface area contributed by atoms with Crippen LogP contribution in [0, 0.1) is 11.8 Å². The molecule has 62 valence electrons. The smallest absolute Gasteiger partial charge is 0.0481 e. The van der Waals surface area contributed by atoms with E-state index in [0.29, 0.717) is 5.92 Å². The van der Waals surface area contributed by atoms with Crippen LogP contribution in [0.15, 0.2) is 0 Å². The van der Waals surface area contributed by atoms with Crippen molar-refractivity contribution in [3.8, 4) is 0 Å². The summed E-state index contributed by atoms with van der Waals surface area (Å²) in [7, 11) is 0. The lowest BCUT2D eigenvalue weighted by Gasteiger charge is -2.14. The fourth-order valence-corrected chi connectivity index (χ4v) is 0.943. The fraction of sp³-hybridized carbons (Fsp3) is 1.00. The Balaban J connectivity index is 3.41. The third kappa shape index (κ3) is 3.85. The molecule has 0 aliphatic heterocycles. The van der Waals surface area contributed by atoms with Crippen molar-refractivity contribution in [2.75, 3.05) is 13.2 Å². The van der Waals surface area contributed by atoms with Crippen LogP contribution >= 0.6 is 0 Å². The van der Waals surface area contributed by atoms with Crippen LogP contribution in [-0.4, -0.2) is 23.4 Å². The second-order valence-electron chi connectivity index (χ2n) is 2.98. The quantitative estimate of drug-likeness (QED) is 0.608. The Hall–Kier alpha value is -0.0800. The topological polar surface area (TPSA) is 40.5 Å². The molecule has 0 amide bonds. The Morgan fingerprint density at radius 2 is 1.70 bits per heavy atom. The molecule has 0 aromatic carbocycles. The lowest BCUT2D eigenvalue weighted by Crippen LogP contribution is -2.14. The van der Waals surface area contributed by atoms with Gasteiger partial charge in [0.15, 0.2) is 0 Å². The molecule has 0 saturated carbocycles. The summed E-state index contributed by atoms with van der Waals surface area (Å²) < 4.78 is 0. The Morgan fingerprint density at radius 3 is 2.00 bits per heavy atom. The van der Waals surface area contributed by atoms with Crippen molar-refractivity contribution in [2.24, 2.45) is 11.8 Å². The molecule has 0 radical (unpaired) electrons. The molecule has 0 aromatic rings. The zero-order valence-corrected chi connectivity index (χ0v) is 6.88. The minimum atomic E-state index is 0.0925. The van der Waals surface area contributed by atoms with Gasteiger partial charge in [-0.05, 0) is 12.3 Å². The third-order valence-electron chi connectivity index (χ3n) is 1.95. The van der Waals surface area contributed by atoms with Gasteiger partial charge in [-0.1, -0.05) is 20.3 Å². The summed E-state index contributed by atoms with van der Waals surface area (Å²) in [5.41, 5.74) is 0. The van der Waals surface area contributed by atoms with Gasteiger partial charge in [-0.15, -0.1) is 0 Å². The first-order chi connectivity index (χ1) is 4.74. The number of rotatable bonds is 5. The zero-order valence-electron chi connectivity index (χ0n) is 6.88. The molecule has 1 unspecified atom stereocenters. The highest BCUT2D eigenvalue weighted by molar-refractivity contribution is 4.59. The molecule has 0 rings (SSSR count). The lowest BCUT2D eigenvalue weighted by atomic mass is 9.95. The highest BCUT2D eigenvalue weighted by Crippen LogP contribution is 2.13. The van der Waals surface area contributed by atoms with Crippen LogP contribution in [0.4, 0.5) is 0 Å². The van der Waals surface area contributed by atoms with Crippen molar-refractivity contribution in [3.63, 3.8) is 0 Å². The van der Waals surface area contributed by atoms with Gasteiger partial charge in [0.1, 0.15) is 0 Å². The van der Waals surface area contributed by atoms with Gasteiger partial charge in [-0.25, -0.2) is 0 Å². The van der Waals surface area contributed by atoms with Crippen molar-refractivity contribution in [1.82, 2.24) is 0 Å². The number of aliphatic hydroxyl groups excluding tert-OH is 2. The van der Waals surface area contributed by atoms with Gasteiger partial charge in [-0.2, -0.15) is 0 Å². The van der Waals surface area contributed by atoms with Crippen molar-refractivity contribution in [2.45, 2.75) is 26.7 Å². The molecule has 0 aliphatic rings. The molecule has 0 bridgehead atoms. The predicted molar refractivity (Wildman–Crippen MR) is 41.7 cm³/mol. The predicted octanol–water partition coefficient (Wildman–Crippen LogP) is 1.02. The van der Waals surface area contributed by atoms with E-state index in [1.165, 1.54) is 0 Å². The molecule has 0 spiro atoms. The van der Waals surface area contributed by atoms with Gasteiger partial charge in [0, 0.05) is 19.1 Å². The number of hydrogen-bond acceptors (Lipinski definition) is 2. The molecular formula is C8H18O2. The van der Waals surface area contributed by atoms with E-state index >= 15 is 0 Å². The Labute approximate surface area is 62.9 Å². The van der Waals surface area contributed by atoms with Crippen LogP contribution in [-0.2, 0) is 0 Å². The van der Waals surface area contributed by atoms with Crippen molar-refractivity contribution >= 4 is 0 Å². The third-order valence-corrected chi connectivity index (χ3v) is 1.95. The normalized spacial score (nSPS) is 14.1. The molecule has 0 aromatic heterocycles. The zero-order chi connectivity index (χ0) is 7.98. The van der Waals surface area contributed by atoms with Gasteiger partial charge >= 0.3 is 0 Å². The summed E-state index contributed by atoms with van der Waals surface area (Å²) in [6, 6.07) is 0. The number of aliphatic hydroxyl groups is 2. The summed E-state index contributed by atoms with van der Waals surface area (Å²) in [5.74, 6) is 0.708. The molecule has 0 saturated heterocycles. The largest absolute Gasteiger partial charge is 0.396 e. The minimum Gasteiger partial charge on any atom is -0.396 e. The second-order valence-corrected chi connectivity index (χ2v) is 2.98. The van der Waals surface area contributed by atoms with Crippen molar-refractivity contribution in [1.29, 1.82) is 0 Å². The maximum atomic E-state index is 8.71. The molecule has 0 aliphatic carbocycles. The first-order valence-electron chi connectivity index (χ1n) is 3.96. The maximum absolute atomic E-state index is 8.71. The van der Waals surface area contributed by atoms with Gasteiger partial charge in [-0.3, -0.25) is 0 Å². The van der Waals surface area contributed by atoms with Crippen molar-refractivity contribution in [3.05, 3.63) is 0 Å². The Kier molecular flexibility index (Phi) is 5.64. The summed E-state index contributed by atoms with van der Waals surface area (Å²) in [6.45, 7) is 4.48. The van der Waals surface area contributed by atoms with Gasteiger partial charge in [0.05, 0.1) is 0 Å². The van der Waals surface area contributed by atoms with E-state index in [1.54, 1.807) is 0 Å². The van der Waals surface area contributed by atoms with Crippen LogP contribution in [0.2, 0.25) is 0 Å². The average molecular weight is 146 g/mol. The Bertz CT molecular complexity index is 69.7. The van der Waals surface area contributed by atoms with Gasteiger partial charge in [0.25, 0.3) is 0 Å². The first-order valence-corrected chi connectivity index (χ1v) is 3.96. The SMILES string of the molecule is CCC(C)CC(CO)CO. The van der Waals surface area contributed by atoms with Crippen LogP contribution in [0.5, 0.6) is 0 Å². The summed E-state index contributed by atoms with van der Waals surface area (Å²) in [6.07, 6.45) is 2.06. The van der Waals surface area contributed by atoms with Crippen LogP contribution < -0.4 is 0 Å². The maximum Gasteiger partial charge on any atom is 0.0481 e. The highest BCUT2D eigenvalue weighted by Gasteiger charge is 2.09. The van der Waals surface area contributed by atoms with Crippen LogP contribution in [0.1, 0.15) is 26.7 Å². The Morgan fingerprint density at radius 1 is 1.20 bits per heavy atom. The van der Waals surface area contributed by atoms with E-state index in [4.69, 9.17) is 10.2 Å². The van der Waals surface area contributed by atoms with Crippen LogP contribution in [0.25, 0.3) is 0 Å². The molecular weight excluding hydrogens is 128 g/mol. The molecule has 0 heterocycles. The summed E-state index contributed by atoms with van der Waals surface area (Å²) >= 11 is 0. The van der Waals surface area contributed by atoms with E-state index in [1.807, 2.05) is 0 Å². The molecule has 1 atom stereocenters. The summed E-state index contributed by atoms with van der Waals surface area (Å²) in [5, 5.41) is 17.4. The van der Waals surface area contributed by atoms with E-state index in [0.717, 1.165) is 12.8 Å².